The van der Waals surface area contributed by atoms with E-state index in [9.17, 15) is 9.90 Å². The van der Waals surface area contributed by atoms with E-state index in [0.717, 1.165) is 17.5 Å². The van der Waals surface area contributed by atoms with Gasteiger partial charge in [0.25, 0.3) is 0 Å². The number of fused-ring (bicyclic) bond motifs is 1. The van der Waals surface area contributed by atoms with Gasteiger partial charge in [-0.1, -0.05) is 118 Å². The normalized spacial score (nSPS) is 17.0. The Balaban J connectivity index is 1.75. The number of esters is 1. The number of unbranched alkanes of at least 4 members (excludes halogenated alkanes) is 11. The molecule has 0 fully saturated rings. The van der Waals surface area contributed by atoms with Gasteiger partial charge >= 0.3 is 5.97 Å². The lowest BCUT2D eigenvalue weighted by Crippen LogP contribution is -2.13. The molecule has 0 amide bonds. The number of hydrogen-bond donors (Lipinski definition) is 1. The van der Waals surface area contributed by atoms with Crippen molar-refractivity contribution in [2.75, 3.05) is 0 Å². The summed E-state index contributed by atoms with van der Waals surface area (Å²) >= 11 is 0. The smallest absolute Gasteiger partial charge is 0.345 e. The minimum atomic E-state index is -1.14. The van der Waals surface area contributed by atoms with Crippen molar-refractivity contribution in [3.05, 3.63) is 28.8 Å². The molecular formula is C28H46O3. The van der Waals surface area contributed by atoms with Crippen molar-refractivity contribution in [2.45, 2.75) is 136 Å². The third-order valence-corrected chi connectivity index (χ3v) is 6.75. The Bertz CT molecular complexity index is 686. The molecule has 0 aliphatic carbocycles. The molecule has 0 spiro atoms. The molecule has 1 aromatic rings. The van der Waals surface area contributed by atoms with E-state index in [1.165, 1.54) is 77.0 Å². The number of hydrogen-bond acceptors (Lipinski definition) is 3. The lowest BCUT2D eigenvalue weighted by Gasteiger charge is -2.23. The highest BCUT2D eigenvalue weighted by atomic mass is 16.6. The summed E-state index contributed by atoms with van der Waals surface area (Å²) in [5.74, 6) is 0.383. The maximum absolute atomic E-state index is 12.0. The highest BCUT2D eigenvalue weighted by molar-refractivity contribution is 5.85. The molecule has 0 saturated carbocycles. The van der Waals surface area contributed by atoms with Gasteiger partial charge in [0.05, 0.1) is 0 Å². The molecule has 2 rings (SSSR count). The summed E-state index contributed by atoms with van der Waals surface area (Å²) in [6.45, 7) is 11.0. The molecule has 0 aromatic heterocycles. The van der Waals surface area contributed by atoms with E-state index in [2.05, 4.69) is 40.7 Å². The summed E-state index contributed by atoms with van der Waals surface area (Å²) in [5, 5.41) is 10.3. The largest absolute Gasteiger partial charge is 0.424 e. The van der Waals surface area contributed by atoms with Gasteiger partial charge in [0.15, 0.2) is 6.10 Å². The van der Waals surface area contributed by atoms with Crippen molar-refractivity contribution in [3.8, 4) is 5.75 Å². The molecule has 1 heterocycles. The predicted octanol–water partition coefficient (Wildman–Crippen LogP) is 8.13. The van der Waals surface area contributed by atoms with Gasteiger partial charge in [0.1, 0.15) is 5.75 Å². The van der Waals surface area contributed by atoms with Crippen LogP contribution in [0.3, 0.4) is 0 Å². The molecule has 3 heteroatoms. The van der Waals surface area contributed by atoms with Crippen LogP contribution in [0.2, 0.25) is 0 Å². The van der Waals surface area contributed by atoms with Crippen molar-refractivity contribution >= 4 is 5.97 Å². The molecule has 176 valence electrons. The fourth-order valence-corrected chi connectivity index (χ4v) is 4.52. The molecule has 31 heavy (non-hydrogen) atoms. The van der Waals surface area contributed by atoms with Gasteiger partial charge in [-0.2, -0.15) is 0 Å². The fourth-order valence-electron chi connectivity index (χ4n) is 4.52. The van der Waals surface area contributed by atoms with Crippen molar-refractivity contribution in [2.24, 2.45) is 0 Å². The Morgan fingerprint density at radius 2 is 1.42 bits per heavy atom. The average molecular weight is 431 g/mol. The minimum absolute atomic E-state index is 0.0368. The molecule has 1 aromatic carbocycles. The average Bonchev–Trinajstić information content (AvgIpc) is 3.01. The SMILES string of the molecule is CCCCCCCCCCCCCCC(C)c1cc(C(C)(C)C)cc2c1OC(=O)C2O. The van der Waals surface area contributed by atoms with E-state index in [4.69, 9.17) is 4.74 Å². The van der Waals surface area contributed by atoms with Crippen LogP contribution < -0.4 is 4.74 Å². The highest BCUT2D eigenvalue weighted by Gasteiger charge is 2.35. The molecule has 3 nitrogen and oxygen atoms in total. The van der Waals surface area contributed by atoms with E-state index in [-0.39, 0.29) is 5.41 Å². The van der Waals surface area contributed by atoms with Crippen LogP contribution >= 0.6 is 0 Å². The van der Waals surface area contributed by atoms with Crippen LogP contribution in [0.25, 0.3) is 0 Å². The van der Waals surface area contributed by atoms with Crippen LogP contribution in [0.4, 0.5) is 0 Å². The Morgan fingerprint density at radius 1 is 0.903 bits per heavy atom. The molecule has 1 aliphatic rings. The molecule has 1 aliphatic heterocycles. The zero-order valence-corrected chi connectivity index (χ0v) is 20.8. The summed E-state index contributed by atoms with van der Waals surface area (Å²) in [6, 6.07) is 4.14. The number of benzene rings is 1. The van der Waals surface area contributed by atoms with E-state index in [1.807, 2.05) is 6.07 Å². The van der Waals surface area contributed by atoms with Crippen LogP contribution in [0.15, 0.2) is 12.1 Å². The second kappa shape index (κ2) is 12.6. The first-order valence-corrected chi connectivity index (χ1v) is 12.8. The third-order valence-electron chi connectivity index (χ3n) is 6.75. The van der Waals surface area contributed by atoms with Crippen molar-refractivity contribution in [1.82, 2.24) is 0 Å². The van der Waals surface area contributed by atoms with Gasteiger partial charge in [0, 0.05) is 5.56 Å². The van der Waals surface area contributed by atoms with Gasteiger partial charge in [-0.05, 0) is 34.9 Å². The topological polar surface area (TPSA) is 46.5 Å². The van der Waals surface area contributed by atoms with Crippen LogP contribution in [-0.4, -0.2) is 11.1 Å². The fraction of sp³-hybridized carbons (Fsp3) is 0.750. The monoisotopic (exact) mass is 430 g/mol. The van der Waals surface area contributed by atoms with Gasteiger partial charge < -0.3 is 9.84 Å². The predicted molar refractivity (Wildman–Crippen MR) is 130 cm³/mol. The first kappa shape index (κ1) is 25.9. The maximum Gasteiger partial charge on any atom is 0.345 e. The zero-order chi connectivity index (χ0) is 22.9. The summed E-state index contributed by atoms with van der Waals surface area (Å²) in [5.41, 5.74) is 2.84. The van der Waals surface area contributed by atoms with Crippen LogP contribution in [-0.2, 0) is 10.2 Å². The number of aliphatic hydroxyl groups is 1. The zero-order valence-electron chi connectivity index (χ0n) is 20.8. The summed E-state index contributed by atoms with van der Waals surface area (Å²) in [6.07, 6.45) is 16.2. The van der Waals surface area contributed by atoms with Gasteiger partial charge in [-0.25, -0.2) is 4.79 Å². The van der Waals surface area contributed by atoms with Crippen LogP contribution in [0, 0.1) is 0 Å². The number of rotatable bonds is 14. The quantitative estimate of drug-likeness (QED) is 0.184. The van der Waals surface area contributed by atoms with Gasteiger partial charge in [-0.3, -0.25) is 0 Å². The Hall–Kier alpha value is -1.35. The van der Waals surface area contributed by atoms with Crippen molar-refractivity contribution < 1.29 is 14.6 Å². The van der Waals surface area contributed by atoms with Gasteiger partial charge in [0.2, 0.25) is 0 Å². The van der Waals surface area contributed by atoms with Crippen LogP contribution in [0.5, 0.6) is 5.75 Å². The van der Waals surface area contributed by atoms with E-state index in [0.29, 0.717) is 17.2 Å². The summed E-state index contributed by atoms with van der Waals surface area (Å²) < 4.78 is 5.46. The minimum Gasteiger partial charge on any atom is -0.424 e. The first-order chi connectivity index (χ1) is 14.8. The van der Waals surface area contributed by atoms with Crippen molar-refractivity contribution in [3.63, 3.8) is 0 Å². The first-order valence-electron chi connectivity index (χ1n) is 12.8. The van der Waals surface area contributed by atoms with Crippen LogP contribution in [0.1, 0.15) is 147 Å². The number of carbonyl (C=O) groups is 1. The molecule has 2 atom stereocenters. The Labute approximate surface area is 191 Å². The summed E-state index contributed by atoms with van der Waals surface area (Å²) in [4.78, 5) is 12.0. The number of carbonyl (C=O) groups excluding carboxylic acids is 1. The van der Waals surface area contributed by atoms with E-state index < -0.39 is 12.1 Å². The lowest BCUT2D eigenvalue weighted by atomic mass is 9.82. The highest BCUT2D eigenvalue weighted by Crippen LogP contribution is 2.43. The molecular weight excluding hydrogens is 384 g/mol. The summed E-state index contributed by atoms with van der Waals surface area (Å²) in [7, 11) is 0. The van der Waals surface area contributed by atoms with Gasteiger partial charge in [-0.15, -0.1) is 0 Å². The lowest BCUT2D eigenvalue weighted by molar-refractivity contribution is -0.140. The number of aliphatic hydroxyl groups excluding tert-OH is 1. The standard InChI is InChI=1S/C28H46O3/c1-6-7-8-9-10-11-12-13-14-15-16-17-18-21(2)23-19-22(28(3,4)5)20-24-25(29)27(30)31-26(23)24/h19-21,25,29H,6-18H2,1-5H3. The number of ether oxygens (including phenoxy) is 1. The Kier molecular flexibility index (Phi) is 10.6. The maximum atomic E-state index is 12.0. The molecule has 2 unspecified atom stereocenters. The second-order valence-corrected chi connectivity index (χ2v) is 10.6. The van der Waals surface area contributed by atoms with E-state index >= 15 is 0 Å². The van der Waals surface area contributed by atoms with Crippen molar-refractivity contribution in [1.29, 1.82) is 0 Å². The molecule has 0 saturated heterocycles. The Morgan fingerprint density at radius 3 is 1.94 bits per heavy atom. The molecule has 1 N–H and O–H groups in total. The molecule has 0 radical (unpaired) electrons. The second-order valence-electron chi connectivity index (χ2n) is 10.6. The molecule has 0 bridgehead atoms. The third kappa shape index (κ3) is 7.93. The van der Waals surface area contributed by atoms with E-state index in [1.54, 1.807) is 0 Å².